The van der Waals surface area contributed by atoms with Crippen LogP contribution in [-0.2, 0) is 4.79 Å². The second-order valence-electron chi connectivity index (χ2n) is 8.10. The van der Waals surface area contributed by atoms with Crippen LogP contribution in [0.3, 0.4) is 0 Å². The smallest absolute Gasteiger partial charge is 0.303 e. The lowest BCUT2D eigenvalue weighted by Crippen LogP contribution is -2.05. The zero-order valence-electron chi connectivity index (χ0n) is 15.7. The largest absolute Gasteiger partial charge is 0.481 e. The van der Waals surface area contributed by atoms with E-state index in [0.29, 0.717) is 12.3 Å². The fourth-order valence-corrected chi connectivity index (χ4v) is 3.19. The molecule has 2 heteroatoms. The van der Waals surface area contributed by atoms with Crippen LogP contribution in [0.2, 0.25) is 0 Å². The molecule has 0 aromatic carbocycles. The first-order valence-electron chi connectivity index (χ1n) is 9.53. The Balaban J connectivity index is 3.52. The van der Waals surface area contributed by atoms with Crippen LogP contribution in [0.1, 0.15) is 98.8 Å². The molecule has 0 aliphatic heterocycles. The first-order valence-corrected chi connectivity index (χ1v) is 9.53. The van der Waals surface area contributed by atoms with E-state index >= 15 is 0 Å². The molecule has 0 saturated heterocycles. The van der Waals surface area contributed by atoms with Crippen LogP contribution in [0.15, 0.2) is 0 Å². The van der Waals surface area contributed by atoms with Gasteiger partial charge in [0.1, 0.15) is 0 Å². The minimum atomic E-state index is -0.660. The average Bonchev–Trinajstić information content (AvgIpc) is 2.37. The SMILES string of the molecule is CC(C)CCC[C@@H](C)CCC[C@@H](C)CCC[C@H](C)CC(=O)O. The van der Waals surface area contributed by atoms with Gasteiger partial charge in [0.15, 0.2) is 0 Å². The summed E-state index contributed by atoms with van der Waals surface area (Å²) >= 11 is 0. The second-order valence-corrected chi connectivity index (χ2v) is 8.10. The van der Waals surface area contributed by atoms with Crippen molar-refractivity contribution < 1.29 is 9.90 Å². The normalized spacial score (nSPS) is 15.7. The maximum Gasteiger partial charge on any atom is 0.303 e. The van der Waals surface area contributed by atoms with Crippen molar-refractivity contribution in [2.24, 2.45) is 23.7 Å². The second kappa shape index (κ2) is 13.0. The highest BCUT2D eigenvalue weighted by atomic mass is 16.4. The number of carboxylic acid groups (broad SMARTS) is 1. The average molecular weight is 313 g/mol. The van der Waals surface area contributed by atoms with Crippen molar-refractivity contribution in [3.8, 4) is 0 Å². The quantitative estimate of drug-likeness (QED) is 0.395. The molecule has 2 nitrogen and oxygen atoms in total. The Bertz CT molecular complexity index is 273. The van der Waals surface area contributed by atoms with Gasteiger partial charge in [-0.15, -0.1) is 0 Å². The molecule has 0 amide bonds. The maximum atomic E-state index is 10.6. The molecule has 22 heavy (non-hydrogen) atoms. The van der Waals surface area contributed by atoms with Crippen molar-refractivity contribution in [2.75, 3.05) is 0 Å². The standard InChI is InChI=1S/C20H40O2/c1-16(2)9-6-10-17(3)11-7-12-18(4)13-8-14-19(5)15-20(21)22/h16-19H,6-15H2,1-5H3,(H,21,22)/t17-,18-,19+/m1/s1. The third-order valence-electron chi connectivity index (χ3n) is 4.79. The van der Waals surface area contributed by atoms with Gasteiger partial charge in [-0.2, -0.15) is 0 Å². The number of hydrogen-bond donors (Lipinski definition) is 1. The zero-order chi connectivity index (χ0) is 17.0. The van der Waals surface area contributed by atoms with Crippen LogP contribution in [0.4, 0.5) is 0 Å². The number of hydrogen-bond acceptors (Lipinski definition) is 1. The lowest BCUT2D eigenvalue weighted by molar-refractivity contribution is -0.138. The molecule has 0 aliphatic rings. The van der Waals surface area contributed by atoms with Gasteiger partial charge in [-0.25, -0.2) is 0 Å². The fraction of sp³-hybridized carbons (Fsp3) is 0.950. The molecule has 0 spiro atoms. The molecule has 0 bridgehead atoms. The Kier molecular flexibility index (Phi) is 12.6. The molecule has 0 radical (unpaired) electrons. The third-order valence-corrected chi connectivity index (χ3v) is 4.79. The van der Waals surface area contributed by atoms with E-state index in [1.165, 1.54) is 51.4 Å². The number of carboxylic acids is 1. The van der Waals surface area contributed by atoms with Gasteiger partial charge in [-0.3, -0.25) is 4.79 Å². The summed E-state index contributed by atoms with van der Waals surface area (Å²) in [5, 5.41) is 8.75. The van der Waals surface area contributed by atoms with Gasteiger partial charge in [0.2, 0.25) is 0 Å². The van der Waals surface area contributed by atoms with Gasteiger partial charge in [0, 0.05) is 6.42 Å². The van der Waals surface area contributed by atoms with Gasteiger partial charge in [-0.1, -0.05) is 92.4 Å². The molecule has 132 valence electrons. The molecule has 0 fully saturated rings. The Hall–Kier alpha value is -0.530. The van der Waals surface area contributed by atoms with Crippen LogP contribution in [0.5, 0.6) is 0 Å². The molecule has 0 heterocycles. The van der Waals surface area contributed by atoms with E-state index in [1.54, 1.807) is 0 Å². The van der Waals surface area contributed by atoms with E-state index in [1.807, 2.05) is 0 Å². The molecule has 3 atom stereocenters. The molecular weight excluding hydrogens is 272 g/mol. The molecule has 0 aromatic heterocycles. The number of carbonyl (C=O) groups is 1. The number of rotatable bonds is 14. The molecule has 0 aromatic rings. The zero-order valence-corrected chi connectivity index (χ0v) is 15.7. The molecular formula is C20H40O2. The van der Waals surface area contributed by atoms with Crippen molar-refractivity contribution in [1.82, 2.24) is 0 Å². The van der Waals surface area contributed by atoms with Gasteiger partial charge < -0.3 is 5.11 Å². The lowest BCUT2D eigenvalue weighted by Gasteiger charge is -2.15. The van der Waals surface area contributed by atoms with E-state index in [0.717, 1.165) is 24.2 Å². The summed E-state index contributed by atoms with van der Waals surface area (Å²) in [7, 11) is 0. The summed E-state index contributed by atoms with van der Waals surface area (Å²) in [6, 6.07) is 0. The molecule has 0 aliphatic carbocycles. The monoisotopic (exact) mass is 312 g/mol. The first kappa shape index (κ1) is 21.5. The Morgan fingerprint density at radius 2 is 1.05 bits per heavy atom. The number of aliphatic carboxylic acids is 1. The van der Waals surface area contributed by atoms with Crippen molar-refractivity contribution in [2.45, 2.75) is 98.8 Å². The highest BCUT2D eigenvalue weighted by Gasteiger charge is 2.09. The summed E-state index contributed by atoms with van der Waals surface area (Å²) in [5.41, 5.74) is 0. The molecule has 0 rings (SSSR count). The summed E-state index contributed by atoms with van der Waals surface area (Å²) in [6.45, 7) is 11.4. The van der Waals surface area contributed by atoms with E-state index in [4.69, 9.17) is 5.11 Å². The Morgan fingerprint density at radius 3 is 1.41 bits per heavy atom. The van der Waals surface area contributed by atoms with Crippen molar-refractivity contribution in [3.05, 3.63) is 0 Å². The molecule has 0 unspecified atom stereocenters. The summed E-state index contributed by atoms with van der Waals surface area (Å²) in [5.74, 6) is 2.18. The van der Waals surface area contributed by atoms with Gasteiger partial charge >= 0.3 is 5.97 Å². The van der Waals surface area contributed by atoms with Gasteiger partial charge in [-0.05, 0) is 23.7 Å². The first-order chi connectivity index (χ1) is 10.3. The van der Waals surface area contributed by atoms with Crippen LogP contribution in [0, 0.1) is 23.7 Å². The molecule has 1 N–H and O–H groups in total. The van der Waals surface area contributed by atoms with Crippen LogP contribution >= 0.6 is 0 Å². The van der Waals surface area contributed by atoms with Crippen LogP contribution in [0.25, 0.3) is 0 Å². The molecule has 0 saturated carbocycles. The highest BCUT2D eigenvalue weighted by Crippen LogP contribution is 2.22. The van der Waals surface area contributed by atoms with E-state index in [2.05, 4.69) is 34.6 Å². The van der Waals surface area contributed by atoms with Crippen molar-refractivity contribution in [3.63, 3.8) is 0 Å². The summed E-state index contributed by atoms with van der Waals surface area (Å²) < 4.78 is 0. The Labute approximate surface area is 139 Å². The van der Waals surface area contributed by atoms with Gasteiger partial charge in [0.25, 0.3) is 0 Å². The predicted octanol–water partition coefficient (Wildman–Crippen LogP) is 6.54. The van der Waals surface area contributed by atoms with Crippen LogP contribution < -0.4 is 0 Å². The van der Waals surface area contributed by atoms with E-state index < -0.39 is 5.97 Å². The topological polar surface area (TPSA) is 37.3 Å². The minimum Gasteiger partial charge on any atom is -0.481 e. The predicted molar refractivity (Wildman–Crippen MR) is 96.1 cm³/mol. The highest BCUT2D eigenvalue weighted by molar-refractivity contribution is 5.66. The minimum absolute atomic E-state index is 0.322. The maximum absolute atomic E-state index is 10.6. The summed E-state index contributed by atoms with van der Waals surface area (Å²) in [4.78, 5) is 10.6. The Morgan fingerprint density at radius 1 is 0.682 bits per heavy atom. The van der Waals surface area contributed by atoms with Crippen molar-refractivity contribution in [1.29, 1.82) is 0 Å². The third kappa shape index (κ3) is 14.4. The van der Waals surface area contributed by atoms with E-state index in [-0.39, 0.29) is 0 Å². The lowest BCUT2D eigenvalue weighted by atomic mass is 9.91. The van der Waals surface area contributed by atoms with Crippen LogP contribution in [-0.4, -0.2) is 11.1 Å². The van der Waals surface area contributed by atoms with E-state index in [9.17, 15) is 4.79 Å². The van der Waals surface area contributed by atoms with Crippen molar-refractivity contribution >= 4 is 5.97 Å². The van der Waals surface area contributed by atoms with Gasteiger partial charge in [0.05, 0.1) is 0 Å². The summed E-state index contributed by atoms with van der Waals surface area (Å²) in [6.07, 6.45) is 12.0. The fourth-order valence-electron chi connectivity index (χ4n) is 3.19.